The maximum absolute atomic E-state index is 5.38. The van der Waals surface area contributed by atoms with E-state index in [1.807, 2.05) is 0 Å². The predicted molar refractivity (Wildman–Crippen MR) is 278 cm³/mol. The molecule has 0 heterocycles. The van der Waals surface area contributed by atoms with Crippen LogP contribution < -0.4 is 57.2 Å². The summed E-state index contributed by atoms with van der Waals surface area (Å²) in [7, 11) is 10.2. The van der Waals surface area contributed by atoms with Gasteiger partial charge in [-0.25, -0.2) is 0 Å². The molecular weight excluding hydrogens is 815 g/mol. The topological polar surface area (TPSA) is 71.5 Å². The molecule has 0 bridgehead atoms. The Balaban J connectivity index is 0. The van der Waals surface area contributed by atoms with E-state index < -0.39 is 32.8 Å². The molecule has 14 heteroatoms. The van der Waals surface area contributed by atoms with Gasteiger partial charge >= 0.3 is 46.0 Å². The molecule has 0 aliphatic carbocycles. The molecule has 0 unspecified atom stereocenters. The van der Waals surface area contributed by atoms with Crippen LogP contribution in [0.1, 0.15) is 22.3 Å². The van der Waals surface area contributed by atoms with Gasteiger partial charge in [-0.15, -0.1) is 5.70 Å². The third kappa shape index (κ3) is 31.0. The van der Waals surface area contributed by atoms with Crippen LogP contribution in [0.25, 0.3) is 21.4 Å². The maximum atomic E-state index is 5.38. The second-order valence-corrected chi connectivity index (χ2v) is 40.0. The number of rotatable bonds is 17. The fraction of sp³-hybridized carbons (Fsp3) is 0.500. The van der Waals surface area contributed by atoms with Crippen LogP contribution >= 0.6 is 0 Å². The summed E-state index contributed by atoms with van der Waals surface area (Å²) in [6.45, 7) is 32.7. The van der Waals surface area contributed by atoms with Gasteiger partial charge in [0.2, 0.25) is 0 Å². The van der Waals surface area contributed by atoms with Gasteiger partial charge in [-0.3, -0.25) is 0 Å². The van der Waals surface area contributed by atoms with Crippen molar-refractivity contribution >= 4 is 55.7 Å². The monoisotopic (exact) mass is 903 g/mol. The van der Waals surface area contributed by atoms with Crippen molar-refractivity contribution in [2.24, 2.45) is 0 Å². The summed E-state index contributed by atoms with van der Waals surface area (Å²) in [5.74, 6) is 0.936. The van der Waals surface area contributed by atoms with Crippen molar-refractivity contribution in [1.29, 1.82) is 0 Å². The molecule has 0 atom stereocenters. The zero-order valence-corrected chi connectivity index (χ0v) is 47.9. The second kappa shape index (κ2) is 29.5. The summed E-state index contributed by atoms with van der Waals surface area (Å²) >= 11 is 0. The Labute approximate surface area is 409 Å². The van der Waals surface area contributed by atoms with Gasteiger partial charge in [0, 0.05) is 29.9 Å². The molecule has 0 amide bonds. The van der Waals surface area contributed by atoms with Crippen molar-refractivity contribution in [1.82, 2.24) is 9.80 Å². The van der Waals surface area contributed by atoms with Crippen LogP contribution in [0.15, 0.2) is 96.7 Å². The Morgan fingerprint density at radius 3 is 1.37 bits per heavy atom. The molecule has 8 nitrogen and oxygen atoms in total. The van der Waals surface area contributed by atoms with Crippen LogP contribution in [0.2, 0.25) is 78.6 Å². The molecule has 3 aromatic rings. The standard InChI is InChI=1S/C36H52N4Si4.2C6H16N2.2Li/c1-41(2,3)28-35(30-22-17-14-18-23-30)37-36(40-44(10,11)12)32-25-19-24-31(26-32)34(39-43(7,8)9)27-33(38-42(4,5)6)29-20-15-13-16-21-29;2*1-7(2)5-6-8(3)4;;/h13-28H,1-12H3;2*5-6H2,1-4H3;;/q-2;;;2*+1/p+4/b33-27-,35-28+,39-34-;;;;. The zero-order valence-electron chi connectivity index (χ0n) is 43.9. The smallest absolute Gasteiger partial charge is 0.687 e. The van der Waals surface area contributed by atoms with Gasteiger partial charge < -0.3 is 39.2 Å². The molecule has 0 saturated heterocycles. The van der Waals surface area contributed by atoms with Gasteiger partial charge in [0.15, 0.2) is 13.9 Å². The summed E-state index contributed by atoms with van der Waals surface area (Å²) in [6.07, 6.45) is 2.27. The molecule has 4 N–H and O–H groups in total. The Morgan fingerprint density at radius 2 is 0.984 bits per heavy atom. The minimum Gasteiger partial charge on any atom is -0.687 e. The molecule has 62 heavy (non-hydrogen) atoms. The maximum Gasteiger partial charge on any atom is 1.00 e. The molecule has 0 spiro atoms. The summed E-state index contributed by atoms with van der Waals surface area (Å²) in [5.41, 5.74) is 10.3. The molecule has 0 saturated carbocycles. The van der Waals surface area contributed by atoms with Crippen molar-refractivity contribution in [3.8, 4) is 0 Å². The van der Waals surface area contributed by atoms with E-state index in [1.165, 1.54) is 28.5 Å². The van der Waals surface area contributed by atoms with E-state index in [2.05, 4.69) is 251 Å². The number of hydrogen-bond donors (Lipinski definition) is 4. The second-order valence-electron chi connectivity index (χ2n) is 21.1. The van der Waals surface area contributed by atoms with Crippen LogP contribution in [-0.2, 0) is 0 Å². The van der Waals surface area contributed by atoms with Gasteiger partial charge in [-0.1, -0.05) is 118 Å². The van der Waals surface area contributed by atoms with E-state index in [9.17, 15) is 0 Å². The minimum atomic E-state index is -1.84. The first kappa shape index (κ1) is 62.1. The molecule has 3 aromatic carbocycles. The molecule has 0 fully saturated rings. The summed E-state index contributed by atoms with van der Waals surface area (Å²) in [4.78, 5) is 22.0. The number of allylic oxidation sites excluding steroid dienone is 1. The molecular formula is C48H88Li2N8Si4+4. The number of quaternary nitrogens is 2. The largest absolute Gasteiger partial charge is 1.00 e. The Hall–Kier alpha value is -2.02. The van der Waals surface area contributed by atoms with Crippen molar-refractivity contribution in [2.75, 3.05) is 82.6 Å². The first-order valence-electron chi connectivity index (χ1n) is 21.8. The van der Waals surface area contributed by atoms with Crippen LogP contribution in [0, 0.1) is 0 Å². The van der Waals surface area contributed by atoms with Crippen molar-refractivity contribution in [3.05, 3.63) is 129 Å². The Morgan fingerprint density at radius 1 is 0.565 bits per heavy atom. The Kier molecular flexibility index (Phi) is 29.5. The predicted octanol–water partition coefficient (Wildman–Crippen LogP) is -1.01. The minimum absolute atomic E-state index is 0. The number of hydrogen-bond acceptors (Lipinski definition) is 2. The average molecular weight is 904 g/mol. The molecule has 0 radical (unpaired) electrons. The third-order valence-electron chi connectivity index (χ3n) is 8.25. The van der Waals surface area contributed by atoms with Gasteiger partial charge in [-0.05, 0) is 105 Å². The van der Waals surface area contributed by atoms with Crippen LogP contribution in [0.3, 0.4) is 0 Å². The molecule has 0 aliphatic rings. The average Bonchev–Trinajstić information content (AvgIpc) is 3.11. The normalized spacial score (nSPS) is 13.2. The van der Waals surface area contributed by atoms with Crippen molar-refractivity contribution in [3.63, 3.8) is 0 Å². The summed E-state index contributed by atoms with van der Waals surface area (Å²) < 4.78 is 3.95. The third-order valence-corrected chi connectivity index (χ3v) is 12.2. The van der Waals surface area contributed by atoms with Crippen LogP contribution in [-0.4, -0.2) is 137 Å². The van der Waals surface area contributed by atoms with E-state index in [1.54, 1.807) is 0 Å². The van der Waals surface area contributed by atoms with Gasteiger partial charge in [0.05, 0.1) is 36.3 Å². The van der Waals surface area contributed by atoms with Crippen LogP contribution in [0.4, 0.5) is 0 Å². The molecule has 0 aromatic heterocycles. The molecule has 334 valence electrons. The van der Waals surface area contributed by atoms with Crippen LogP contribution in [0.5, 0.6) is 0 Å². The number of likely N-dealkylation sites (N-methyl/N-ethyl adjacent to an activating group) is 4. The fourth-order valence-corrected chi connectivity index (χ4v) is 9.39. The summed E-state index contributed by atoms with van der Waals surface area (Å²) in [5, 5.41) is 0. The van der Waals surface area contributed by atoms with Gasteiger partial charge in [-0.2, -0.15) is 0 Å². The SMILES string of the molecule is CN(C)CCN(C)C.C[NH+](C)CC[NH+](C)C.C[Si](C)(C)/C=C(/[NH+]=C([N-][Si](C)(C)C)c1cccc(C(/C=C(\[N-][Si](C)(C)C)c2ccccc2)=[NH+]\[Si](C)(C)C)c1)c1ccccc1.[Li+].[Li+]. The first-order valence-corrected chi connectivity index (χ1v) is 35.8. The van der Waals surface area contributed by atoms with E-state index in [0.717, 1.165) is 52.7 Å². The fourth-order valence-electron chi connectivity index (χ4n) is 5.49. The number of nitrogens with zero attached hydrogens (tertiary/aromatic N) is 4. The number of nitrogens with one attached hydrogen (secondary N) is 4. The number of amidine groups is 1. The van der Waals surface area contributed by atoms with E-state index in [4.69, 9.17) is 9.96 Å². The van der Waals surface area contributed by atoms with E-state index in [0.29, 0.717) is 0 Å². The molecule has 3 rings (SSSR count). The quantitative estimate of drug-likeness (QED) is 0.0799. The first-order chi connectivity index (χ1) is 27.5. The number of benzene rings is 3. The van der Waals surface area contributed by atoms with E-state index >= 15 is 0 Å². The van der Waals surface area contributed by atoms with E-state index in [-0.39, 0.29) is 37.7 Å². The zero-order chi connectivity index (χ0) is 45.9. The van der Waals surface area contributed by atoms with Crippen molar-refractivity contribution < 1.29 is 57.2 Å². The van der Waals surface area contributed by atoms with Crippen molar-refractivity contribution in [2.45, 2.75) is 78.6 Å². The van der Waals surface area contributed by atoms with Gasteiger partial charge in [0.25, 0.3) is 0 Å². The molecule has 0 aliphatic heterocycles. The van der Waals surface area contributed by atoms with Gasteiger partial charge in [0.1, 0.15) is 18.9 Å². The summed E-state index contributed by atoms with van der Waals surface area (Å²) in [6, 6.07) is 30.1. The Bertz CT molecular complexity index is 1770.